The maximum Gasteiger partial charge on any atom is 0.305 e. The standard InChI is InChI=1S/C33H45N3O7Si/c1-22-31(44(4,5)25-12-10-24(41-2)11-13-25)28(15-19-37)43-33(22)26-20-23(35-18-16-34-21-29(35)38)9-14-27(26)36(32(33)40)17-7-6-8-30(39)42-3/h9-14,20,22,28,31,34,37H,6-8,15-19,21H2,1-5H3/t22-,28+,31-,33+/m0/s1. The van der Waals surface area contributed by atoms with Gasteiger partial charge in [-0.3, -0.25) is 14.4 Å². The second-order valence-corrected chi connectivity index (χ2v) is 17.3. The van der Waals surface area contributed by atoms with Gasteiger partial charge in [-0.25, -0.2) is 0 Å². The molecule has 5 rings (SSSR count). The molecule has 2 N–H and O–H groups in total. The first-order valence-corrected chi connectivity index (χ1v) is 18.7. The maximum atomic E-state index is 14.7. The predicted octanol–water partition coefficient (Wildman–Crippen LogP) is 2.92. The Labute approximate surface area is 260 Å². The van der Waals surface area contributed by atoms with Crippen molar-refractivity contribution in [3.8, 4) is 5.75 Å². The second kappa shape index (κ2) is 13.0. The molecule has 3 aliphatic heterocycles. The van der Waals surface area contributed by atoms with Gasteiger partial charge in [0.25, 0.3) is 5.91 Å². The molecule has 44 heavy (non-hydrogen) atoms. The van der Waals surface area contributed by atoms with Crippen LogP contribution in [0.4, 0.5) is 11.4 Å². The van der Waals surface area contributed by atoms with Gasteiger partial charge >= 0.3 is 5.97 Å². The number of amides is 2. The van der Waals surface area contributed by atoms with Crippen molar-refractivity contribution in [1.82, 2.24) is 5.32 Å². The van der Waals surface area contributed by atoms with E-state index in [4.69, 9.17) is 14.2 Å². The van der Waals surface area contributed by atoms with Crippen molar-refractivity contribution in [2.24, 2.45) is 5.92 Å². The van der Waals surface area contributed by atoms with Crippen molar-refractivity contribution in [2.75, 3.05) is 56.8 Å². The first kappa shape index (κ1) is 32.1. The molecular weight excluding hydrogens is 578 g/mol. The fourth-order valence-corrected chi connectivity index (χ4v) is 11.7. The summed E-state index contributed by atoms with van der Waals surface area (Å²) in [6.45, 7) is 8.61. The molecule has 10 nitrogen and oxygen atoms in total. The Morgan fingerprint density at radius 1 is 1.14 bits per heavy atom. The smallest absolute Gasteiger partial charge is 0.305 e. The van der Waals surface area contributed by atoms with E-state index in [1.165, 1.54) is 12.3 Å². The summed E-state index contributed by atoms with van der Waals surface area (Å²) in [6.07, 6.45) is 1.59. The van der Waals surface area contributed by atoms with Crippen molar-refractivity contribution < 1.29 is 33.7 Å². The Bertz CT molecular complexity index is 1380. The van der Waals surface area contributed by atoms with Gasteiger partial charge in [0.2, 0.25) is 5.91 Å². The Morgan fingerprint density at radius 2 is 1.89 bits per heavy atom. The van der Waals surface area contributed by atoms with Gasteiger partial charge in [-0.15, -0.1) is 0 Å². The highest BCUT2D eigenvalue weighted by molar-refractivity contribution is 6.91. The number of esters is 1. The number of aliphatic hydroxyl groups is 1. The highest BCUT2D eigenvalue weighted by atomic mass is 28.3. The van der Waals surface area contributed by atoms with Crippen LogP contribution in [-0.2, 0) is 29.5 Å². The van der Waals surface area contributed by atoms with E-state index in [1.54, 1.807) is 16.9 Å². The van der Waals surface area contributed by atoms with Crippen LogP contribution in [0.5, 0.6) is 5.75 Å². The summed E-state index contributed by atoms with van der Waals surface area (Å²) in [5.74, 6) is 0.178. The van der Waals surface area contributed by atoms with Gasteiger partial charge < -0.3 is 34.4 Å². The molecule has 3 aliphatic rings. The largest absolute Gasteiger partial charge is 0.497 e. The van der Waals surface area contributed by atoms with Gasteiger partial charge in [0, 0.05) is 49.8 Å². The summed E-state index contributed by atoms with van der Waals surface area (Å²) in [4.78, 5) is 42.9. The van der Waals surface area contributed by atoms with E-state index in [0.717, 1.165) is 22.7 Å². The molecule has 4 atom stereocenters. The summed E-state index contributed by atoms with van der Waals surface area (Å²) < 4.78 is 17.2. The van der Waals surface area contributed by atoms with Crippen LogP contribution in [0.15, 0.2) is 42.5 Å². The van der Waals surface area contributed by atoms with E-state index in [2.05, 4.69) is 37.5 Å². The molecule has 1 spiro atoms. The fourth-order valence-electron chi connectivity index (χ4n) is 7.61. The molecule has 3 heterocycles. The number of unbranched alkanes of at least 4 members (excludes halogenated alkanes) is 1. The number of anilines is 2. The van der Waals surface area contributed by atoms with Gasteiger partial charge in [-0.2, -0.15) is 0 Å². The number of aliphatic hydroxyl groups excluding tert-OH is 1. The molecular formula is C33H45N3O7Si. The third kappa shape index (κ3) is 5.55. The maximum absolute atomic E-state index is 14.7. The van der Waals surface area contributed by atoms with E-state index >= 15 is 0 Å². The SMILES string of the molecule is COC(=O)CCCCN1C(=O)[C@]2(O[C@H](CCO)[C@@H]([Si](C)(C)c3ccc(OC)cc3)[C@@H]2C)c2cc(N3CCNCC3=O)ccc21. The number of nitrogens with zero attached hydrogens (tertiary/aromatic N) is 2. The van der Waals surface area contributed by atoms with Crippen LogP contribution in [0.2, 0.25) is 18.6 Å². The highest BCUT2D eigenvalue weighted by Crippen LogP contribution is 2.60. The zero-order valence-electron chi connectivity index (χ0n) is 26.4. The van der Waals surface area contributed by atoms with Gasteiger partial charge in [-0.05, 0) is 55.1 Å². The number of benzene rings is 2. The van der Waals surface area contributed by atoms with Crippen LogP contribution < -0.4 is 25.0 Å². The minimum absolute atomic E-state index is 0.0151. The number of hydrogen-bond acceptors (Lipinski definition) is 8. The fraction of sp³-hybridized carbons (Fsp3) is 0.545. The quantitative estimate of drug-likeness (QED) is 0.223. The van der Waals surface area contributed by atoms with Crippen molar-refractivity contribution in [3.63, 3.8) is 0 Å². The number of ether oxygens (including phenoxy) is 3. The first-order chi connectivity index (χ1) is 21.1. The van der Waals surface area contributed by atoms with Crippen LogP contribution in [-0.4, -0.2) is 84.1 Å². The van der Waals surface area contributed by atoms with E-state index in [0.29, 0.717) is 38.9 Å². The molecule has 2 aromatic carbocycles. The molecule has 0 saturated carbocycles. The van der Waals surface area contributed by atoms with E-state index < -0.39 is 13.7 Å². The zero-order chi connectivity index (χ0) is 31.6. The second-order valence-electron chi connectivity index (χ2n) is 12.6. The van der Waals surface area contributed by atoms with Gasteiger partial charge in [0.15, 0.2) is 5.60 Å². The van der Waals surface area contributed by atoms with Gasteiger partial charge in [-0.1, -0.05) is 37.3 Å². The molecule has 0 bridgehead atoms. The topological polar surface area (TPSA) is 118 Å². The third-order valence-corrected chi connectivity index (χ3v) is 14.2. The summed E-state index contributed by atoms with van der Waals surface area (Å²) in [7, 11) is 0.724. The normalized spacial score (nSPS) is 25.1. The van der Waals surface area contributed by atoms with Crippen molar-refractivity contribution in [1.29, 1.82) is 0 Å². The molecule has 0 aromatic heterocycles. The van der Waals surface area contributed by atoms with Crippen LogP contribution in [0.1, 0.15) is 38.2 Å². The van der Waals surface area contributed by atoms with Crippen molar-refractivity contribution in [2.45, 2.75) is 62.9 Å². The zero-order valence-corrected chi connectivity index (χ0v) is 27.4. The van der Waals surface area contributed by atoms with E-state index in [9.17, 15) is 19.5 Å². The van der Waals surface area contributed by atoms with Crippen LogP contribution in [0.3, 0.4) is 0 Å². The lowest BCUT2D eigenvalue weighted by Crippen LogP contribution is -2.52. The van der Waals surface area contributed by atoms with Crippen molar-refractivity contribution >= 4 is 42.4 Å². The number of rotatable bonds is 11. The number of carbonyl (C=O) groups excluding carboxylic acids is 3. The summed E-state index contributed by atoms with van der Waals surface area (Å²) >= 11 is 0. The highest BCUT2D eigenvalue weighted by Gasteiger charge is 2.66. The number of nitrogens with one attached hydrogen (secondary N) is 1. The number of methoxy groups -OCH3 is 2. The molecule has 2 aromatic rings. The predicted molar refractivity (Wildman–Crippen MR) is 171 cm³/mol. The minimum Gasteiger partial charge on any atom is -0.497 e. The van der Waals surface area contributed by atoms with Crippen LogP contribution in [0, 0.1) is 5.92 Å². The van der Waals surface area contributed by atoms with Crippen molar-refractivity contribution in [3.05, 3.63) is 48.0 Å². The molecule has 0 unspecified atom stereocenters. The Kier molecular flexibility index (Phi) is 9.50. The summed E-state index contributed by atoms with van der Waals surface area (Å²) in [6, 6.07) is 14.0. The van der Waals surface area contributed by atoms with Gasteiger partial charge in [0.1, 0.15) is 5.75 Å². The Balaban J connectivity index is 1.57. The third-order valence-electron chi connectivity index (χ3n) is 9.87. The number of fused-ring (bicyclic) bond motifs is 2. The average Bonchev–Trinajstić information content (AvgIpc) is 3.45. The lowest BCUT2D eigenvalue weighted by Gasteiger charge is -2.37. The molecule has 0 radical (unpaired) electrons. The molecule has 0 aliphatic carbocycles. The molecule has 2 fully saturated rings. The Morgan fingerprint density at radius 3 is 2.55 bits per heavy atom. The Hall–Kier alpha value is -3.25. The van der Waals surface area contributed by atoms with Crippen LogP contribution >= 0.6 is 0 Å². The van der Waals surface area contributed by atoms with Crippen LogP contribution in [0.25, 0.3) is 0 Å². The summed E-state index contributed by atoms with van der Waals surface area (Å²) in [5, 5.41) is 14.5. The monoisotopic (exact) mass is 623 g/mol. The lowest BCUT2D eigenvalue weighted by atomic mass is 9.82. The number of carbonyl (C=O) groups is 3. The van der Waals surface area contributed by atoms with Gasteiger partial charge in [0.05, 0.1) is 40.6 Å². The average molecular weight is 624 g/mol. The number of hydrogen-bond donors (Lipinski definition) is 2. The first-order valence-electron chi connectivity index (χ1n) is 15.6. The molecule has 11 heteroatoms. The van der Waals surface area contributed by atoms with E-state index in [-0.39, 0.29) is 54.9 Å². The van der Waals surface area contributed by atoms with E-state index in [1.807, 2.05) is 30.3 Å². The molecule has 2 saturated heterocycles. The number of piperazine rings is 1. The molecule has 2 amide bonds. The minimum atomic E-state index is -2.30. The molecule has 238 valence electrons. The lowest BCUT2D eigenvalue weighted by molar-refractivity contribution is -0.146. The summed E-state index contributed by atoms with van der Waals surface area (Å²) in [5.41, 5.74) is 1.06.